The first-order valence-corrected chi connectivity index (χ1v) is 10.5. The van der Waals surface area contributed by atoms with Crippen molar-refractivity contribution in [1.82, 2.24) is 4.57 Å². The van der Waals surface area contributed by atoms with E-state index in [2.05, 4.69) is 0 Å². The van der Waals surface area contributed by atoms with Crippen LogP contribution < -0.4 is 10.3 Å². The lowest BCUT2D eigenvalue weighted by Gasteiger charge is -2.21. The molecular formula is C25H27NO8. The molecule has 0 aliphatic heterocycles. The van der Waals surface area contributed by atoms with Gasteiger partial charge >= 0.3 is 5.97 Å². The van der Waals surface area contributed by atoms with E-state index < -0.39 is 17.4 Å². The zero-order chi connectivity index (χ0) is 25.0. The minimum absolute atomic E-state index is 0.0114. The van der Waals surface area contributed by atoms with Crippen LogP contribution in [0.3, 0.4) is 0 Å². The van der Waals surface area contributed by atoms with Crippen molar-refractivity contribution in [3.8, 4) is 28.7 Å². The molecule has 0 unspecified atom stereocenters. The Hall–Kier alpha value is -4.14. The van der Waals surface area contributed by atoms with Crippen molar-refractivity contribution in [3.05, 3.63) is 75.2 Å². The van der Waals surface area contributed by atoms with Crippen LogP contribution in [0, 0.1) is 6.92 Å². The summed E-state index contributed by atoms with van der Waals surface area (Å²) in [7, 11) is 2.61. The molecule has 0 fully saturated rings. The van der Waals surface area contributed by atoms with Crippen molar-refractivity contribution in [2.75, 3.05) is 14.2 Å². The summed E-state index contributed by atoms with van der Waals surface area (Å²) in [5, 5.41) is 39.9. The minimum Gasteiger partial charge on any atom is -0.507 e. The van der Waals surface area contributed by atoms with E-state index in [4.69, 9.17) is 9.47 Å². The average molecular weight is 469 g/mol. The fourth-order valence-electron chi connectivity index (χ4n) is 3.89. The number of aryl methyl sites for hydroxylation is 2. The highest BCUT2D eigenvalue weighted by atomic mass is 16.5. The van der Waals surface area contributed by atoms with Gasteiger partial charge in [-0.15, -0.1) is 0 Å². The van der Waals surface area contributed by atoms with E-state index in [1.54, 1.807) is 19.1 Å². The molecule has 0 saturated heterocycles. The zero-order valence-corrected chi connectivity index (χ0v) is 19.1. The minimum atomic E-state index is -0.862. The van der Waals surface area contributed by atoms with E-state index in [1.165, 1.54) is 49.1 Å². The number of hydrogen-bond donors (Lipinski definition) is 4. The van der Waals surface area contributed by atoms with E-state index in [0.29, 0.717) is 23.2 Å². The Morgan fingerprint density at radius 1 is 0.941 bits per heavy atom. The quantitative estimate of drug-likeness (QED) is 0.292. The highest BCUT2D eigenvalue weighted by Crippen LogP contribution is 2.36. The van der Waals surface area contributed by atoms with Crippen molar-refractivity contribution in [2.45, 2.75) is 32.2 Å². The van der Waals surface area contributed by atoms with Gasteiger partial charge in [0.2, 0.25) is 0 Å². The highest BCUT2D eigenvalue weighted by molar-refractivity contribution is 5.71. The van der Waals surface area contributed by atoms with Crippen LogP contribution in [0.4, 0.5) is 0 Å². The third-order valence-electron chi connectivity index (χ3n) is 5.74. The SMILES string of the molecule is COC(=O)C[C@@H](c1ccc(O)c(OC)c1)c1c(O)cc(C)n(CCc2ccc(O)c(O)c2)c1=O. The molecule has 0 bridgehead atoms. The van der Waals surface area contributed by atoms with Crippen molar-refractivity contribution in [3.63, 3.8) is 0 Å². The maximum absolute atomic E-state index is 13.5. The molecule has 4 N–H and O–H groups in total. The number of aromatic nitrogens is 1. The Balaban J connectivity index is 2.07. The number of phenolic OH excluding ortho intramolecular Hbond substituents is 3. The van der Waals surface area contributed by atoms with Crippen LogP contribution in [0.5, 0.6) is 28.7 Å². The first-order valence-electron chi connectivity index (χ1n) is 10.5. The van der Waals surface area contributed by atoms with Crippen molar-refractivity contribution < 1.29 is 34.7 Å². The molecule has 0 aliphatic rings. The number of rotatable bonds is 8. The van der Waals surface area contributed by atoms with Crippen LogP contribution in [0.2, 0.25) is 0 Å². The Labute approximate surface area is 196 Å². The third-order valence-corrected chi connectivity index (χ3v) is 5.74. The molecule has 180 valence electrons. The number of methoxy groups -OCH3 is 2. The maximum Gasteiger partial charge on any atom is 0.306 e. The predicted octanol–water partition coefficient (Wildman–Crippen LogP) is 2.93. The van der Waals surface area contributed by atoms with Gasteiger partial charge in [-0.05, 0) is 54.8 Å². The molecule has 0 radical (unpaired) electrons. The Morgan fingerprint density at radius 3 is 2.29 bits per heavy atom. The first kappa shape index (κ1) is 24.5. The predicted molar refractivity (Wildman–Crippen MR) is 124 cm³/mol. The highest BCUT2D eigenvalue weighted by Gasteiger charge is 2.27. The average Bonchev–Trinajstić information content (AvgIpc) is 2.80. The fourth-order valence-corrected chi connectivity index (χ4v) is 3.89. The van der Waals surface area contributed by atoms with Crippen LogP contribution in [-0.2, 0) is 22.5 Å². The molecule has 0 aliphatic carbocycles. The number of pyridine rings is 1. The van der Waals surface area contributed by atoms with E-state index in [0.717, 1.165) is 0 Å². The molecular weight excluding hydrogens is 442 g/mol. The molecule has 3 rings (SSSR count). The Morgan fingerprint density at radius 2 is 1.65 bits per heavy atom. The van der Waals surface area contributed by atoms with Gasteiger partial charge in [0.25, 0.3) is 5.56 Å². The number of ether oxygens (including phenoxy) is 2. The molecule has 0 amide bonds. The summed E-state index contributed by atoms with van der Waals surface area (Å²) in [5.41, 5.74) is 1.21. The molecule has 0 spiro atoms. The Kier molecular flexibility index (Phi) is 7.35. The molecule has 1 aromatic heterocycles. The van der Waals surface area contributed by atoms with Crippen molar-refractivity contribution in [2.24, 2.45) is 0 Å². The van der Waals surface area contributed by atoms with E-state index in [9.17, 15) is 30.0 Å². The van der Waals surface area contributed by atoms with Gasteiger partial charge in [-0.1, -0.05) is 12.1 Å². The van der Waals surface area contributed by atoms with Crippen LogP contribution in [-0.4, -0.2) is 45.2 Å². The van der Waals surface area contributed by atoms with Gasteiger partial charge in [-0.2, -0.15) is 0 Å². The normalized spacial score (nSPS) is 11.7. The van der Waals surface area contributed by atoms with Gasteiger partial charge in [-0.3, -0.25) is 9.59 Å². The second-order valence-corrected chi connectivity index (χ2v) is 7.88. The standard InChI is InChI=1S/C25H27NO8/c1-14-10-21(30)24(25(32)26(14)9-8-15-4-6-18(27)20(29)11-15)17(13-23(31)34-3)16-5-7-19(28)22(12-16)33-2/h4-7,10-12,17,27-30H,8-9,13H2,1-3H3/t17-/m0/s1. The number of benzene rings is 2. The number of carbonyl (C=O) groups excluding carboxylic acids is 1. The van der Waals surface area contributed by atoms with Gasteiger partial charge < -0.3 is 34.5 Å². The fraction of sp³-hybridized carbons (Fsp3) is 0.280. The molecule has 2 aromatic carbocycles. The van der Waals surface area contributed by atoms with Gasteiger partial charge in [0.05, 0.1) is 26.2 Å². The van der Waals surface area contributed by atoms with Crippen molar-refractivity contribution >= 4 is 5.97 Å². The molecule has 1 atom stereocenters. The number of esters is 1. The van der Waals surface area contributed by atoms with E-state index in [1.807, 2.05) is 0 Å². The lowest BCUT2D eigenvalue weighted by Crippen LogP contribution is -2.29. The lowest BCUT2D eigenvalue weighted by atomic mass is 9.88. The summed E-state index contributed by atoms with van der Waals surface area (Å²) in [6.45, 7) is 1.91. The van der Waals surface area contributed by atoms with Crippen molar-refractivity contribution in [1.29, 1.82) is 0 Å². The summed E-state index contributed by atoms with van der Waals surface area (Å²) in [6.07, 6.45) is 0.148. The molecule has 3 aromatic rings. The largest absolute Gasteiger partial charge is 0.507 e. The number of phenols is 3. The lowest BCUT2D eigenvalue weighted by molar-refractivity contribution is -0.140. The summed E-state index contributed by atoms with van der Waals surface area (Å²) in [6, 6.07) is 10.3. The topological polar surface area (TPSA) is 138 Å². The summed E-state index contributed by atoms with van der Waals surface area (Å²) < 4.78 is 11.4. The van der Waals surface area contributed by atoms with Crippen LogP contribution in [0.25, 0.3) is 0 Å². The van der Waals surface area contributed by atoms with Gasteiger partial charge in [0.1, 0.15) is 5.75 Å². The number of aromatic hydroxyl groups is 4. The summed E-state index contributed by atoms with van der Waals surface area (Å²) in [4.78, 5) is 25.7. The molecule has 34 heavy (non-hydrogen) atoms. The molecule has 1 heterocycles. The van der Waals surface area contributed by atoms with Crippen LogP contribution >= 0.6 is 0 Å². The van der Waals surface area contributed by atoms with E-state index >= 15 is 0 Å². The van der Waals surface area contributed by atoms with Gasteiger partial charge in [0.15, 0.2) is 23.0 Å². The molecule has 9 nitrogen and oxygen atoms in total. The smallest absolute Gasteiger partial charge is 0.306 e. The Bertz CT molecular complexity index is 1260. The number of hydrogen-bond acceptors (Lipinski definition) is 8. The maximum atomic E-state index is 13.5. The molecule has 9 heteroatoms. The van der Waals surface area contributed by atoms with Crippen LogP contribution in [0.1, 0.15) is 34.7 Å². The monoisotopic (exact) mass is 469 g/mol. The van der Waals surface area contributed by atoms with Crippen LogP contribution in [0.15, 0.2) is 47.3 Å². The second kappa shape index (κ2) is 10.2. The first-order chi connectivity index (χ1) is 16.2. The van der Waals surface area contributed by atoms with Gasteiger partial charge in [0, 0.05) is 18.2 Å². The van der Waals surface area contributed by atoms with E-state index in [-0.39, 0.29) is 47.3 Å². The zero-order valence-electron chi connectivity index (χ0n) is 19.1. The number of nitrogens with zero attached hydrogens (tertiary/aromatic N) is 1. The number of carbonyl (C=O) groups is 1. The third kappa shape index (κ3) is 5.09. The van der Waals surface area contributed by atoms with Gasteiger partial charge in [-0.25, -0.2) is 0 Å². The molecule has 0 saturated carbocycles. The summed E-state index contributed by atoms with van der Waals surface area (Å²) >= 11 is 0. The second-order valence-electron chi connectivity index (χ2n) is 7.88. The summed E-state index contributed by atoms with van der Waals surface area (Å²) in [5.74, 6) is -2.15.